The summed E-state index contributed by atoms with van der Waals surface area (Å²) in [7, 11) is 1.40. The van der Waals surface area contributed by atoms with Crippen LogP contribution in [0.3, 0.4) is 0 Å². The first-order valence-corrected chi connectivity index (χ1v) is 7.49. The Hall–Kier alpha value is -1.26. The topological polar surface area (TPSA) is 55.8 Å². The van der Waals surface area contributed by atoms with Gasteiger partial charge in [-0.15, -0.1) is 0 Å². The molecule has 1 rings (SSSR count). The maximum atomic E-state index is 11.8. The van der Waals surface area contributed by atoms with Crippen LogP contribution in [-0.4, -0.2) is 43.3 Å². The van der Waals surface area contributed by atoms with Gasteiger partial charge in [-0.1, -0.05) is 33.6 Å². The number of hydrogen-bond acceptors (Lipinski definition) is 4. The zero-order valence-corrected chi connectivity index (χ0v) is 13.1. The van der Waals surface area contributed by atoms with E-state index in [9.17, 15) is 9.59 Å². The van der Waals surface area contributed by atoms with Crippen LogP contribution < -0.4 is 0 Å². The summed E-state index contributed by atoms with van der Waals surface area (Å²) in [6.45, 7) is 7.32. The fourth-order valence-electron chi connectivity index (χ4n) is 2.58. The van der Waals surface area contributed by atoms with Crippen LogP contribution in [0.2, 0.25) is 0 Å². The van der Waals surface area contributed by atoms with E-state index in [0.29, 0.717) is 25.5 Å². The van der Waals surface area contributed by atoms with E-state index in [0.717, 1.165) is 19.3 Å². The predicted molar refractivity (Wildman–Crippen MR) is 76.3 cm³/mol. The first kappa shape index (κ1) is 16.8. The monoisotopic (exact) mass is 285 g/mol. The number of unbranched alkanes of at least 4 members (excludes halogenated alkanes) is 1. The Kier molecular flexibility index (Phi) is 6.82. The van der Waals surface area contributed by atoms with Crippen molar-refractivity contribution in [3.63, 3.8) is 0 Å². The summed E-state index contributed by atoms with van der Waals surface area (Å²) in [5.74, 6) is 0.292. The number of nitrogens with zero attached hydrogens (tertiary/aromatic N) is 1. The number of esters is 1. The van der Waals surface area contributed by atoms with Crippen LogP contribution in [0.5, 0.6) is 0 Å². The molecule has 5 heteroatoms. The van der Waals surface area contributed by atoms with Gasteiger partial charge in [0.2, 0.25) is 0 Å². The van der Waals surface area contributed by atoms with Crippen molar-refractivity contribution in [3.8, 4) is 0 Å². The zero-order valence-electron chi connectivity index (χ0n) is 13.1. The lowest BCUT2D eigenvalue weighted by atomic mass is 9.96. The Morgan fingerprint density at radius 3 is 2.75 bits per heavy atom. The standard InChI is InChI=1S/C15H27NO4/c1-5-6-7-12(8-14(17)19-4)9-16-13(11(2)3)10-20-15(16)18/h11-13H,5-10H2,1-4H3/t12-,13-/m1/s1. The van der Waals surface area contributed by atoms with E-state index in [1.807, 2.05) is 0 Å². The largest absolute Gasteiger partial charge is 0.469 e. The van der Waals surface area contributed by atoms with Crippen LogP contribution in [0.1, 0.15) is 46.5 Å². The highest BCUT2D eigenvalue weighted by Gasteiger charge is 2.36. The molecular weight excluding hydrogens is 258 g/mol. The predicted octanol–water partition coefficient (Wildman–Crippen LogP) is 2.83. The van der Waals surface area contributed by atoms with Crippen LogP contribution in [-0.2, 0) is 14.3 Å². The molecule has 0 aliphatic carbocycles. The van der Waals surface area contributed by atoms with E-state index < -0.39 is 0 Å². The summed E-state index contributed by atoms with van der Waals surface area (Å²) in [6.07, 6.45) is 3.17. The van der Waals surface area contributed by atoms with Gasteiger partial charge in [0.15, 0.2) is 0 Å². The van der Waals surface area contributed by atoms with Crippen molar-refractivity contribution in [2.45, 2.75) is 52.5 Å². The first-order valence-electron chi connectivity index (χ1n) is 7.49. The number of methoxy groups -OCH3 is 1. The molecule has 0 aromatic heterocycles. The molecule has 1 aliphatic heterocycles. The molecule has 0 bridgehead atoms. The van der Waals surface area contributed by atoms with Gasteiger partial charge in [-0.05, 0) is 18.3 Å². The third kappa shape index (κ3) is 4.69. The van der Waals surface area contributed by atoms with Gasteiger partial charge in [-0.25, -0.2) is 4.79 Å². The Morgan fingerprint density at radius 2 is 2.20 bits per heavy atom. The Labute approximate surface area is 121 Å². The van der Waals surface area contributed by atoms with Crippen molar-refractivity contribution < 1.29 is 19.1 Å². The second-order valence-electron chi connectivity index (χ2n) is 5.83. The lowest BCUT2D eigenvalue weighted by Crippen LogP contribution is -2.40. The van der Waals surface area contributed by atoms with Crippen LogP contribution in [0, 0.1) is 11.8 Å². The highest BCUT2D eigenvalue weighted by atomic mass is 16.6. The molecule has 0 radical (unpaired) electrons. The molecule has 1 fully saturated rings. The second-order valence-corrected chi connectivity index (χ2v) is 5.83. The van der Waals surface area contributed by atoms with Crippen molar-refractivity contribution in [3.05, 3.63) is 0 Å². The smallest absolute Gasteiger partial charge is 0.410 e. The van der Waals surface area contributed by atoms with Crippen molar-refractivity contribution in [2.75, 3.05) is 20.3 Å². The molecule has 0 unspecified atom stereocenters. The van der Waals surface area contributed by atoms with Gasteiger partial charge in [-0.2, -0.15) is 0 Å². The number of ether oxygens (including phenoxy) is 2. The van der Waals surface area contributed by atoms with E-state index in [4.69, 9.17) is 9.47 Å². The second kappa shape index (κ2) is 8.12. The number of amides is 1. The molecule has 0 aromatic carbocycles. The number of carbonyl (C=O) groups is 2. The van der Waals surface area contributed by atoms with Crippen LogP contribution in [0.15, 0.2) is 0 Å². The van der Waals surface area contributed by atoms with Crippen LogP contribution in [0.25, 0.3) is 0 Å². The van der Waals surface area contributed by atoms with Gasteiger partial charge >= 0.3 is 12.1 Å². The van der Waals surface area contributed by atoms with Crippen molar-refractivity contribution in [1.82, 2.24) is 4.90 Å². The molecule has 1 amide bonds. The molecule has 0 N–H and O–H groups in total. The maximum absolute atomic E-state index is 11.8. The molecule has 20 heavy (non-hydrogen) atoms. The summed E-state index contributed by atoms with van der Waals surface area (Å²) in [4.78, 5) is 25.1. The third-order valence-electron chi connectivity index (χ3n) is 3.89. The van der Waals surface area contributed by atoms with Gasteiger partial charge in [-0.3, -0.25) is 4.79 Å². The first-order chi connectivity index (χ1) is 9.49. The summed E-state index contributed by atoms with van der Waals surface area (Å²) in [5.41, 5.74) is 0. The Bertz CT molecular complexity index is 330. The van der Waals surface area contributed by atoms with Gasteiger partial charge in [0, 0.05) is 6.54 Å². The van der Waals surface area contributed by atoms with Crippen molar-refractivity contribution >= 4 is 12.1 Å². The number of hydrogen-bond donors (Lipinski definition) is 0. The molecule has 1 heterocycles. The van der Waals surface area contributed by atoms with Crippen LogP contribution in [0.4, 0.5) is 4.79 Å². The molecule has 0 aromatic rings. The van der Waals surface area contributed by atoms with Crippen molar-refractivity contribution in [2.24, 2.45) is 11.8 Å². The SMILES string of the molecule is CCCC[C@H](CC(=O)OC)CN1C(=O)OC[C@@H]1C(C)C. The number of cyclic esters (lactones) is 1. The lowest BCUT2D eigenvalue weighted by molar-refractivity contribution is -0.141. The summed E-state index contributed by atoms with van der Waals surface area (Å²) in [6, 6.07) is 0.115. The molecule has 1 aliphatic rings. The average Bonchev–Trinajstić information content (AvgIpc) is 2.77. The third-order valence-corrected chi connectivity index (χ3v) is 3.89. The summed E-state index contributed by atoms with van der Waals surface area (Å²) >= 11 is 0. The molecule has 0 spiro atoms. The maximum Gasteiger partial charge on any atom is 0.410 e. The number of rotatable bonds is 8. The average molecular weight is 285 g/mol. The van der Waals surface area contributed by atoms with Gasteiger partial charge in [0.05, 0.1) is 19.6 Å². The van der Waals surface area contributed by atoms with Gasteiger partial charge < -0.3 is 14.4 Å². The molecule has 0 saturated carbocycles. The molecular formula is C15H27NO4. The van der Waals surface area contributed by atoms with E-state index >= 15 is 0 Å². The highest BCUT2D eigenvalue weighted by Crippen LogP contribution is 2.24. The fraction of sp³-hybridized carbons (Fsp3) is 0.867. The van der Waals surface area contributed by atoms with E-state index in [1.165, 1.54) is 7.11 Å². The fourth-order valence-corrected chi connectivity index (χ4v) is 2.58. The van der Waals surface area contributed by atoms with E-state index in [2.05, 4.69) is 20.8 Å². The highest BCUT2D eigenvalue weighted by molar-refractivity contribution is 5.71. The van der Waals surface area contributed by atoms with Crippen LogP contribution >= 0.6 is 0 Å². The van der Waals surface area contributed by atoms with Crippen molar-refractivity contribution in [1.29, 1.82) is 0 Å². The molecule has 5 nitrogen and oxygen atoms in total. The lowest BCUT2D eigenvalue weighted by Gasteiger charge is -2.28. The van der Waals surface area contributed by atoms with Gasteiger partial charge in [0.1, 0.15) is 6.61 Å². The minimum Gasteiger partial charge on any atom is -0.469 e. The Morgan fingerprint density at radius 1 is 1.50 bits per heavy atom. The molecule has 2 atom stereocenters. The zero-order chi connectivity index (χ0) is 15.1. The summed E-state index contributed by atoms with van der Waals surface area (Å²) < 4.78 is 9.90. The Balaban J connectivity index is 2.65. The molecule has 116 valence electrons. The minimum absolute atomic E-state index is 0.115. The van der Waals surface area contributed by atoms with Gasteiger partial charge in [0.25, 0.3) is 0 Å². The quantitative estimate of drug-likeness (QED) is 0.643. The molecule has 1 saturated heterocycles. The number of carbonyl (C=O) groups excluding carboxylic acids is 2. The summed E-state index contributed by atoms with van der Waals surface area (Å²) in [5, 5.41) is 0. The minimum atomic E-state index is -0.255. The normalized spacial score (nSPS) is 20.1. The van der Waals surface area contributed by atoms with E-state index in [1.54, 1.807) is 4.90 Å². The van der Waals surface area contributed by atoms with E-state index in [-0.39, 0.29) is 24.0 Å².